The van der Waals surface area contributed by atoms with Gasteiger partial charge in [0, 0.05) is 30.1 Å². The van der Waals surface area contributed by atoms with Crippen LogP contribution in [0.1, 0.15) is 17.2 Å². The Bertz CT molecular complexity index is 1150. The first-order valence-electron chi connectivity index (χ1n) is 8.31. The van der Waals surface area contributed by atoms with Crippen molar-refractivity contribution in [2.45, 2.75) is 6.04 Å². The lowest BCUT2D eigenvalue weighted by Gasteiger charge is -2.30. The number of phenolic OH excluding ortho intramolecular Hbond substituents is 2. The Morgan fingerprint density at radius 2 is 1.85 bits per heavy atom. The summed E-state index contributed by atoms with van der Waals surface area (Å²) in [7, 11) is 2.02. The normalized spacial score (nSPS) is 15.7. The second-order valence-electron chi connectivity index (χ2n) is 6.45. The standard InChI is InChI=1S/C20H16N4O2/c1-23-15-5-3-2-4-13(15)18-20-14(8-9-24(20)22-11-21-18)19(23)12-6-7-16(25)17(26)10-12/h2-11,19,25-26H,1H3. The molecule has 0 saturated heterocycles. The number of aromatic nitrogens is 3. The second-order valence-corrected chi connectivity index (χ2v) is 6.45. The highest BCUT2D eigenvalue weighted by Crippen LogP contribution is 2.45. The monoisotopic (exact) mass is 344 g/mol. The van der Waals surface area contributed by atoms with Gasteiger partial charge in [0.25, 0.3) is 0 Å². The fourth-order valence-corrected chi connectivity index (χ4v) is 3.84. The van der Waals surface area contributed by atoms with Crippen LogP contribution >= 0.6 is 0 Å². The molecule has 1 aliphatic heterocycles. The van der Waals surface area contributed by atoms with Gasteiger partial charge in [-0.2, -0.15) is 5.10 Å². The summed E-state index contributed by atoms with van der Waals surface area (Å²) in [5, 5.41) is 24.1. The van der Waals surface area contributed by atoms with Crippen molar-refractivity contribution in [2.24, 2.45) is 0 Å². The van der Waals surface area contributed by atoms with Crippen LogP contribution in [-0.2, 0) is 0 Å². The largest absolute Gasteiger partial charge is 0.504 e. The van der Waals surface area contributed by atoms with E-state index in [2.05, 4.69) is 27.1 Å². The second kappa shape index (κ2) is 5.23. The van der Waals surface area contributed by atoms with Crippen LogP contribution in [0.25, 0.3) is 16.8 Å². The lowest BCUT2D eigenvalue weighted by Crippen LogP contribution is -2.24. The highest BCUT2D eigenvalue weighted by molar-refractivity contribution is 5.90. The average molecular weight is 344 g/mol. The first-order chi connectivity index (χ1) is 12.6. The van der Waals surface area contributed by atoms with Gasteiger partial charge in [0.2, 0.25) is 0 Å². The molecule has 2 N–H and O–H groups in total. The maximum absolute atomic E-state index is 10.0. The molecule has 26 heavy (non-hydrogen) atoms. The highest BCUT2D eigenvalue weighted by atomic mass is 16.3. The van der Waals surface area contributed by atoms with Crippen molar-refractivity contribution in [3.8, 4) is 22.8 Å². The molecule has 1 atom stereocenters. The van der Waals surface area contributed by atoms with Gasteiger partial charge in [0.15, 0.2) is 11.5 Å². The van der Waals surface area contributed by atoms with Gasteiger partial charge < -0.3 is 15.1 Å². The van der Waals surface area contributed by atoms with Crippen LogP contribution in [0.4, 0.5) is 5.69 Å². The van der Waals surface area contributed by atoms with E-state index in [1.807, 2.05) is 42.0 Å². The minimum absolute atomic E-state index is 0.129. The summed E-state index contributed by atoms with van der Waals surface area (Å²) < 4.78 is 1.83. The maximum atomic E-state index is 10.0. The molecular weight excluding hydrogens is 328 g/mol. The van der Waals surface area contributed by atoms with Crippen molar-refractivity contribution in [3.63, 3.8) is 0 Å². The number of hydrogen-bond acceptors (Lipinski definition) is 5. The smallest absolute Gasteiger partial charge is 0.157 e. The minimum Gasteiger partial charge on any atom is -0.504 e. The van der Waals surface area contributed by atoms with Gasteiger partial charge in [-0.05, 0) is 29.8 Å². The van der Waals surface area contributed by atoms with Crippen molar-refractivity contribution in [3.05, 3.63) is 72.2 Å². The molecule has 0 amide bonds. The number of anilines is 1. The lowest BCUT2D eigenvalue weighted by atomic mass is 9.98. The fourth-order valence-electron chi connectivity index (χ4n) is 3.84. The van der Waals surface area contributed by atoms with Crippen LogP contribution in [0.3, 0.4) is 0 Å². The van der Waals surface area contributed by atoms with Gasteiger partial charge in [-0.15, -0.1) is 0 Å². The zero-order valence-corrected chi connectivity index (χ0v) is 14.0. The maximum Gasteiger partial charge on any atom is 0.157 e. The zero-order chi connectivity index (χ0) is 17.8. The molecule has 0 bridgehead atoms. The minimum atomic E-state index is -0.153. The molecule has 2 aromatic carbocycles. The van der Waals surface area contributed by atoms with E-state index in [-0.39, 0.29) is 17.5 Å². The van der Waals surface area contributed by atoms with Crippen LogP contribution < -0.4 is 4.90 Å². The molecule has 0 spiro atoms. The van der Waals surface area contributed by atoms with Crippen LogP contribution in [0.15, 0.2) is 61.1 Å². The fraction of sp³-hybridized carbons (Fsp3) is 0.100. The molecule has 3 heterocycles. The summed E-state index contributed by atoms with van der Waals surface area (Å²) in [5.41, 5.74) is 5.83. The van der Waals surface area contributed by atoms with Crippen molar-refractivity contribution in [2.75, 3.05) is 11.9 Å². The SMILES string of the molecule is CN1c2ccccc2-c2ncnn3ccc(c23)C1c1ccc(O)c(O)c1. The van der Waals surface area contributed by atoms with Gasteiger partial charge in [0.1, 0.15) is 12.0 Å². The molecule has 1 unspecified atom stereocenters. The Balaban J connectivity index is 1.87. The summed E-state index contributed by atoms with van der Waals surface area (Å²) in [5.74, 6) is -0.260. The summed E-state index contributed by atoms with van der Waals surface area (Å²) in [6, 6.07) is 15.0. The number of aromatic hydroxyl groups is 2. The molecule has 2 aromatic heterocycles. The molecule has 128 valence electrons. The van der Waals surface area contributed by atoms with Gasteiger partial charge in [-0.1, -0.05) is 24.3 Å². The Kier molecular flexibility index (Phi) is 2.97. The van der Waals surface area contributed by atoms with E-state index < -0.39 is 0 Å². The molecule has 0 fully saturated rings. The number of fused-ring (bicyclic) bond motifs is 2. The van der Waals surface area contributed by atoms with E-state index >= 15 is 0 Å². The predicted octanol–water partition coefficient (Wildman–Crippen LogP) is 3.35. The van der Waals surface area contributed by atoms with Gasteiger partial charge in [-0.25, -0.2) is 9.50 Å². The lowest BCUT2D eigenvalue weighted by molar-refractivity contribution is 0.403. The Morgan fingerprint density at radius 1 is 1.00 bits per heavy atom. The number of hydrogen-bond donors (Lipinski definition) is 2. The first kappa shape index (κ1) is 14.8. The third kappa shape index (κ3) is 1.92. The number of rotatable bonds is 1. The van der Waals surface area contributed by atoms with Crippen molar-refractivity contribution in [1.29, 1.82) is 0 Å². The van der Waals surface area contributed by atoms with Crippen molar-refractivity contribution in [1.82, 2.24) is 14.6 Å². The van der Waals surface area contributed by atoms with Crippen LogP contribution in [0.5, 0.6) is 11.5 Å². The summed E-state index contributed by atoms with van der Waals surface area (Å²) in [6.45, 7) is 0. The molecular formula is C20H16N4O2. The van der Waals surface area contributed by atoms with Gasteiger partial charge in [-0.3, -0.25) is 0 Å². The Hall–Kier alpha value is -3.54. The molecule has 6 nitrogen and oxygen atoms in total. The highest BCUT2D eigenvalue weighted by Gasteiger charge is 2.30. The quantitative estimate of drug-likeness (QED) is 0.518. The van der Waals surface area contributed by atoms with E-state index in [9.17, 15) is 10.2 Å². The molecule has 0 aliphatic carbocycles. The number of para-hydroxylation sites is 1. The van der Waals surface area contributed by atoms with E-state index in [0.717, 1.165) is 33.6 Å². The number of phenols is 2. The Morgan fingerprint density at radius 3 is 2.69 bits per heavy atom. The summed E-state index contributed by atoms with van der Waals surface area (Å²) in [6.07, 6.45) is 3.49. The summed E-state index contributed by atoms with van der Waals surface area (Å²) in [4.78, 5) is 6.72. The number of nitrogens with zero attached hydrogens (tertiary/aromatic N) is 4. The molecule has 4 aromatic rings. The van der Waals surface area contributed by atoms with E-state index in [4.69, 9.17) is 0 Å². The molecule has 6 heteroatoms. The van der Waals surface area contributed by atoms with E-state index in [1.165, 1.54) is 6.07 Å². The third-order valence-corrected chi connectivity index (χ3v) is 5.02. The zero-order valence-electron chi connectivity index (χ0n) is 14.0. The van der Waals surface area contributed by atoms with Crippen LogP contribution in [0.2, 0.25) is 0 Å². The van der Waals surface area contributed by atoms with E-state index in [1.54, 1.807) is 12.4 Å². The Labute approximate surface area is 149 Å². The first-order valence-corrected chi connectivity index (χ1v) is 8.31. The predicted molar refractivity (Wildman–Crippen MR) is 98.4 cm³/mol. The van der Waals surface area contributed by atoms with Crippen molar-refractivity contribution < 1.29 is 10.2 Å². The topological polar surface area (TPSA) is 73.9 Å². The van der Waals surface area contributed by atoms with Crippen molar-refractivity contribution >= 4 is 11.2 Å². The number of benzene rings is 2. The van der Waals surface area contributed by atoms with E-state index in [0.29, 0.717) is 0 Å². The molecule has 0 radical (unpaired) electrons. The average Bonchev–Trinajstić information content (AvgIpc) is 3.04. The third-order valence-electron chi connectivity index (χ3n) is 5.02. The molecule has 1 aliphatic rings. The van der Waals surface area contributed by atoms with Gasteiger partial charge >= 0.3 is 0 Å². The summed E-state index contributed by atoms with van der Waals surface area (Å²) >= 11 is 0. The van der Waals surface area contributed by atoms with Gasteiger partial charge in [0.05, 0.1) is 11.6 Å². The molecule has 0 saturated carbocycles. The van der Waals surface area contributed by atoms with Crippen LogP contribution in [-0.4, -0.2) is 31.9 Å². The molecule has 5 rings (SSSR count). The van der Waals surface area contributed by atoms with Crippen LogP contribution in [0, 0.1) is 0 Å².